The number of halogens is 3. The van der Waals surface area contributed by atoms with Crippen molar-refractivity contribution in [1.82, 2.24) is 10.2 Å². The molecule has 3 nitrogen and oxygen atoms in total. The Morgan fingerprint density at radius 2 is 1.83 bits per heavy atom. The molecule has 0 saturated heterocycles. The van der Waals surface area contributed by atoms with Gasteiger partial charge in [0.15, 0.2) is 5.15 Å². The number of aromatic nitrogens is 2. The summed E-state index contributed by atoms with van der Waals surface area (Å²) in [6.07, 6.45) is 0. The minimum atomic E-state index is -0.624. The van der Waals surface area contributed by atoms with Crippen molar-refractivity contribution in [2.75, 3.05) is 0 Å². The van der Waals surface area contributed by atoms with E-state index >= 15 is 0 Å². The highest BCUT2D eigenvalue weighted by Crippen LogP contribution is 2.31. The Bertz CT molecular complexity index is 605. The van der Waals surface area contributed by atoms with E-state index in [1.807, 2.05) is 0 Å². The molecule has 1 unspecified atom stereocenters. The van der Waals surface area contributed by atoms with Gasteiger partial charge >= 0.3 is 0 Å². The van der Waals surface area contributed by atoms with E-state index in [1.165, 1.54) is 0 Å². The van der Waals surface area contributed by atoms with Crippen molar-refractivity contribution < 1.29 is 0 Å². The molecule has 1 aromatic heterocycles. The van der Waals surface area contributed by atoms with E-state index in [0.29, 0.717) is 21.3 Å². The van der Waals surface area contributed by atoms with Crippen LogP contribution in [0, 0.1) is 11.3 Å². The minimum absolute atomic E-state index is 0.271. The molecule has 18 heavy (non-hydrogen) atoms. The molecule has 0 N–H and O–H groups in total. The van der Waals surface area contributed by atoms with Gasteiger partial charge < -0.3 is 0 Å². The lowest BCUT2D eigenvalue weighted by Gasteiger charge is -2.10. The summed E-state index contributed by atoms with van der Waals surface area (Å²) in [5, 5.41) is 18.1. The largest absolute Gasteiger partial charge is 0.197 e. The first-order chi connectivity index (χ1) is 8.61. The fraction of sp³-hybridized carbons (Fsp3) is 0.0833. The molecule has 6 heteroatoms. The molecule has 2 aromatic rings. The van der Waals surface area contributed by atoms with Crippen molar-refractivity contribution in [3.05, 3.63) is 56.8 Å². The average molecular weight is 299 g/mol. The number of nitrogens with zero attached hydrogens (tertiary/aromatic N) is 3. The maximum atomic E-state index is 9.27. The van der Waals surface area contributed by atoms with E-state index in [4.69, 9.17) is 34.8 Å². The fourth-order valence-corrected chi connectivity index (χ4v) is 2.02. The second-order valence-corrected chi connectivity index (χ2v) is 4.74. The summed E-state index contributed by atoms with van der Waals surface area (Å²) in [6, 6.07) is 10.3. The van der Waals surface area contributed by atoms with Crippen LogP contribution in [0.2, 0.25) is 15.2 Å². The second-order valence-electron chi connectivity index (χ2n) is 3.51. The zero-order chi connectivity index (χ0) is 13.1. The van der Waals surface area contributed by atoms with Crippen LogP contribution in [0.5, 0.6) is 0 Å². The first kappa shape index (κ1) is 13.1. The number of benzene rings is 1. The molecule has 1 atom stereocenters. The third kappa shape index (κ3) is 2.73. The van der Waals surface area contributed by atoms with Crippen LogP contribution in [-0.4, -0.2) is 10.2 Å². The van der Waals surface area contributed by atoms with Gasteiger partial charge in [0.25, 0.3) is 0 Å². The third-order valence-electron chi connectivity index (χ3n) is 2.35. The van der Waals surface area contributed by atoms with Crippen LogP contribution >= 0.6 is 34.8 Å². The lowest BCUT2D eigenvalue weighted by Crippen LogP contribution is -2.03. The SMILES string of the molecule is N#CC(c1ccc(Cl)nn1)c1cc(Cl)ccc1Cl. The van der Waals surface area contributed by atoms with E-state index in [2.05, 4.69) is 16.3 Å². The van der Waals surface area contributed by atoms with E-state index < -0.39 is 5.92 Å². The van der Waals surface area contributed by atoms with Gasteiger partial charge in [-0.2, -0.15) is 10.4 Å². The fourth-order valence-electron chi connectivity index (χ4n) is 1.51. The Labute approximate surface area is 119 Å². The zero-order valence-corrected chi connectivity index (χ0v) is 11.2. The van der Waals surface area contributed by atoms with E-state index in [-0.39, 0.29) is 5.15 Å². The van der Waals surface area contributed by atoms with Gasteiger partial charge in [-0.1, -0.05) is 34.8 Å². The number of nitriles is 1. The Morgan fingerprint density at radius 1 is 1.06 bits per heavy atom. The maximum Gasteiger partial charge on any atom is 0.151 e. The third-order valence-corrected chi connectivity index (χ3v) is 3.13. The summed E-state index contributed by atoms with van der Waals surface area (Å²) in [6.45, 7) is 0. The Morgan fingerprint density at radius 3 is 2.44 bits per heavy atom. The average Bonchev–Trinajstić information content (AvgIpc) is 2.37. The highest BCUT2D eigenvalue weighted by Gasteiger charge is 2.18. The number of rotatable bonds is 2. The van der Waals surface area contributed by atoms with Gasteiger partial charge in [-0.3, -0.25) is 0 Å². The Balaban J connectivity index is 2.49. The smallest absolute Gasteiger partial charge is 0.151 e. The molecule has 1 aromatic carbocycles. The van der Waals surface area contributed by atoms with Crippen LogP contribution in [-0.2, 0) is 0 Å². The first-order valence-corrected chi connectivity index (χ1v) is 6.09. The van der Waals surface area contributed by atoms with Crippen LogP contribution in [0.3, 0.4) is 0 Å². The van der Waals surface area contributed by atoms with Crippen molar-refractivity contribution in [1.29, 1.82) is 5.26 Å². The number of hydrogen-bond acceptors (Lipinski definition) is 3. The molecular formula is C12H6Cl3N3. The molecule has 1 heterocycles. The van der Waals surface area contributed by atoms with Gasteiger partial charge in [0.05, 0.1) is 11.8 Å². The Hall–Kier alpha value is -1.34. The molecule has 0 aliphatic heterocycles. The lowest BCUT2D eigenvalue weighted by atomic mass is 9.97. The predicted molar refractivity (Wildman–Crippen MR) is 71.0 cm³/mol. The molecular weight excluding hydrogens is 293 g/mol. The van der Waals surface area contributed by atoms with Crippen molar-refractivity contribution >= 4 is 34.8 Å². The summed E-state index contributed by atoms with van der Waals surface area (Å²) >= 11 is 17.6. The number of hydrogen-bond donors (Lipinski definition) is 0. The summed E-state index contributed by atoms with van der Waals surface area (Å²) in [7, 11) is 0. The molecule has 0 aliphatic carbocycles. The van der Waals surface area contributed by atoms with Crippen LogP contribution in [0.4, 0.5) is 0 Å². The van der Waals surface area contributed by atoms with Crippen molar-refractivity contribution in [2.24, 2.45) is 0 Å². The molecule has 0 saturated carbocycles. The summed E-state index contributed by atoms with van der Waals surface area (Å²) in [5.41, 5.74) is 1.08. The standard InChI is InChI=1S/C12H6Cl3N3/c13-7-1-2-10(14)8(5-7)9(6-16)11-3-4-12(15)18-17-11/h1-5,9H. The summed E-state index contributed by atoms with van der Waals surface area (Å²) in [4.78, 5) is 0. The quantitative estimate of drug-likeness (QED) is 0.839. The molecule has 0 fully saturated rings. The van der Waals surface area contributed by atoms with Gasteiger partial charge in [0, 0.05) is 10.0 Å². The first-order valence-electron chi connectivity index (χ1n) is 4.95. The lowest BCUT2D eigenvalue weighted by molar-refractivity contribution is 0.885. The molecule has 2 rings (SSSR count). The maximum absolute atomic E-state index is 9.27. The van der Waals surface area contributed by atoms with Crippen molar-refractivity contribution in [2.45, 2.75) is 5.92 Å². The Kier molecular flexibility index (Phi) is 4.03. The molecule has 90 valence electrons. The normalized spacial score (nSPS) is 11.9. The van der Waals surface area contributed by atoms with Gasteiger partial charge in [0.2, 0.25) is 0 Å². The molecule has 0 radical (unpaired) electrons. The van der Waals surface area contributed by atoms with Crippen LogP contribution in [0.15, 0.2) is 30.3 Å². The molecule has 0 aliphatic rings. The van der Waals surface area contributed by atoms with Crippen LogP contribution in [0.25, 0.3) is 0 Å². The second kappa shape index (κ2) is 5.53. The van der Waals surface area contributed by atoms with Crippen LogP contribution in [0.1, 0.15) is 17.2 Å². The van der Waals surface area contributed by atoms with Gasteiger partial charge in [-0.05, 0) is 35.9 Å². The van der Waals surface area contributed by atoms with Crippen molar-refractivity contribution in [3.8, 4) is 6.07 Å². The molecule has 0 amide bonds. The van der Waals surface area contributed by atoms with Crippen LogP contribution < -0.4 is 0 Å². The topological polar surface area (TPSA) is 49.6 Å². The molecule has 0 bridgehead atoms. The molecule has 0 spiro atoms. The summed E-state index contributed by atoms with van der Waals surface area (Å²) < 4.78 is 0. The monoisotopic (exact) mass is 297 g/mol. The van der Waals surface area contributed by atoms with E-state index in [0.717, 1.165) is 0 Å². The van der Waals surface area contributed by atoms with E-state index in [1.54, 1.807) is 30.3 Å². The minimum Gasteiger partial charge on any atom is -0.197 e. The van der Waals surface area contributed by atoms with E-state index in [9.17, 15) is 5.26 Å². The summed E-state index contributed by atoms with van der Waals surface area (Å²) in [5.74, 6) is -0.624. The highest BCUT2D eigenvalue weighted by molar-refractivity contribution is 6.33. The van der Waals surface area contributed by atoms with Crippen molar-refractivity contribution in [3.63, 3.8) is 0 Å². The zero-order valence-electron chi connectivity index (χ0n) is 8.94. The van der Waals surface area contributed by atoms with Gasteiger partial charge in [-0.15, -0.1) is 5.10 Å². The predicted octanol–water partition coefficient (Wildman–Crippen LogP) is 4.09. The highest BCUT2D eigenvalue weighted by atomic mass is 35.5. The van der Waals surface area contributed by atoms with Gasteiger partial charge in [0.1, 0.15) is 5.92 Å². The van der Waals surface area contributed by atoms with Gasteiger partial charge in [-0.25, -0.2) is 0 Å².